The van der Waals surface area contributed by atoms with Crippen molar-refractivity contribution in [3.63, 3.8) is 0 Å². The lowest BCUT2D eigenvalue weighted by atomic mass is 10.1. The molecule has 2 heterocycles. The van der Waals surface area contributed by atoms with Gasteiger partial charge in [-0.3, -0.25) is 9.67 Å². The quantitative estimate of drug-likeness (QED) is 0.796. The van der Waals surface area contributed by atoms with Gasteiger partial charge in [-0.05, 0) is 50.4 Å². The van der Waals surface area contributed by atoms with E-state index in [2.05, 4.69) is 59.9 Å². The average molecular weight is 286 g/mol. The van der Waals surface area contributed by atoms with Crippen LogP contribution in [0, 0.1) is 13.8 Å². The van der Waals surface area contributed by atoms with Crippen molar-refractivity contribution in [1.82, 2.24) is 20.1 Å². The van der Waals surface area contributed by atoms with Crippen molar-refractivity contribution in [2.45, 2.75) is 53.6 Å². The number of hydrogen-bond acceptors (Lipinski definition) is 3. The number of nitrogens with one attached hydrogen (secondary N) is 1. The fourth-order valence-corrected chi connectivity index (χ4v) is 2.62. The third-order valence-electron chi connectivity index (χ3n) is 3.84. The number of aryl methyl sites for hydroxylation is 1. The summed E-state index contributed by atoms with van der Waals surface area (Å²) in [7, 11) is 0. The van der Waals surface area contributed by atoms with E-state index in [0.717, 1.165) is 43.9 Å². The van der Waals surface area contributed by atoms with Crippen LogP contribution in [0.2, 0.25) is 0 Å². The first-order valence-electron chi connectivity index (χ1n) is 7.83. The van der Waals surface area contributed by atoms with Gasteiger partial charge in [-0.1, -0.05) is 19.9 Å². The minimum absolute atomic E-state index is 0.745. The smallest absolute Gasteiger partial charge is 0.0834 e. The van der Waals surface area contributed by atoms with Crippen molar-refractivity contribution in [3.8, 4) is 0 Å². The number of pyridine rings is 1. The van der Waals surface area contributed by atoms with Crippen LogP contribution in [0.1, 0.15) is 48.5 Å². The molecule has 2 rings (SSSR count). The van der Waals surface area contributed by atoms with Gasteiger partial charge in [-0.2, -0.15) is 5.10 Å². The fraction of sp³-hybridized carbons (Fsp3) is 0.529. The van der Waals surface area contributed by atoms with Gasteiger partial charge >= 0.3 is 0 Å². The van der Waals surface area contributed by atoms with Gasteiger partial charge in [0, 0.05) is 18.4 Å². The van der Waals surface area contributed by atoms with Crippen LogP contribution in [0.15, 0.2) is 18.3 Å². The molecular formula is C17H26N4. The predicted molar refractivity (Wildman–Crippen MR) is 86.4 cm³/mol. The van der Waals surface area contributed by atoms with Crippen LogP contribution >= 0.6 is 0 Å². The third-order valence-corrected chi connectivity index (χ3v) is 3.84. The van der Waals surface area contributed by atoms with E-state index in [-0.39, 0.29) is 0 Å². The lowest BCUT2D eigenvalue weighted by Gasteiger charge is -2.07. The number of nitrogens with zero attached hydrogens (tertiary/aromatic N) is 3. The van der Waals surface area contributed by atoms with Gasteiger partial charge < -0.3 is 5.32 Å². The Bertz CT molecular complexity index is 569. The number of rotatable bonds is 7. The highest BCUT2D eigenvalue weighted by atomic mass is 15.3. The highest BCUT2D eigenvalue weighted by molar-refractivity contribution is 5.25. The standard InChI is InChI=1S/C17H26N4/c1-5-9-18-10-15-7-8-16(19-11-15)12-21-14(4)17(6-2)13(3)20-21/h7-8,11,18H,5-6,9-10,12H2,1-4H3. The van der Waals surface area contributed by atoms with Crippen LogP contribution in [-0.4, -0.2) is 21.3 Å². The maximum atomic E-state index is 4.62. The molecule has 2 aromatic heterocycles. The summed E-state index contributed by atoms with van der Waals surface area (Å²) in [5, 5.41) is 8.01. The van der Waals surface area contributed by atoms with Gasteiger partial charge in [-0.15, -0.1) is 0 Å². The van der Waals surface area contributed by atoms with E-state index >= 15 is 0 Å². The van der Waals surface area contributed by atoms with Crippen molar-refractivity contribution >= 4 is 0 Å². The lowest BCUT2D eigenvalue weighted by molar-refractivity contribution is 0.642. The summed E-state index contributed by atoms with van der Waals surface area (Å²) in [6.07, 6.45) is 4.15. The molecule has 0 spiro atoms. The zero-order chi connectivity index (χ0) is 15.2. The van der Waals surface area contributed by atoms with Gasteiger partial charge in [0.2, 0.25) is 0 Å². The Morgan fingerprint density at radius 1 is 1.19 bits per heavy atom. The van der Waals surface area contributed by atoms with Crippen LogP contribution in [0.25, 0.3) is 0 Å². The molecule has 0 aromatic carbocycles. The first-order valence-corrected chi connectivity index (χ1v) is 7.83. The van der Waals surface area contributed by atoms with E-state index in [1.165, 1.54) is 16.8 Å². The molecule has 21 heavy (non-hydrogen) atoms. The second-order valence-corrected chi connectivity index (χ2v) is 5.50. The number of aromatic nitrogens is 3. The molecule has 1 N–H and O–H groups in total. The van der Waals surface area contributed by atoms with E-state index < -0.39 is 0 Å². The Labute approximate surface area is 127 Å². The maximum Gasteiger partial charge on any atom is 0.0834 e. The topological polar surface area (TPSA) is 42.7 Å². The van der Waals surface area contributed by atoms with Crippen molar-refractivity contribution in [2.24, 2.45) is 0 Å². The van der Waals surface area contributed by atoms with Crippen molar-refractivity contribution in [2.75, 3.05) is 6.54 Å². The van der Waals surface area contributed by atoms with E-state index in [9.17, 15) is 0 Å². The summed E-state index contributed by atoms with van der Waals surface area (Å²) in [5.41, 5.74) is 6.04. The molecule has 0 aliphatic carbocycles. The van der Waals surface area contributed by atoms with Crippen LogP contribution in [-0.2, 0) is 19.5 Å². The van der Waals surface area contributed by atoms with Gasteiger partial charge in [0.25, 0.3) is 0 Å². The zero-order valence-electron chi connectivity index (χ0n) is 13.6. The minimum Gasteiger partial charge on any atom is -0.313 e. The Morgan fingerprint density at radius 3 is 2.57 bits per heavy atom. The highest BCUT2D eigenvalue weighted by Crippen LogP contribution is 2.14. The SMILES string of the molecule is CCCNCc1ccc(Cn2nc(C)c(CC)c2C)nc1. The highest BCUT2D eigenvalue weighted by Gasteiger charge is 2.10. The first-order chi connectivity index (χ1) is 10.2. The summed E-state index contributed by atoms with van der Waals surface area (Å²) in [6.45, 7) is 11.3. The Kier molecular flexibility index (Phi) is 5.51. The molecule has 0 unspecified atom stereocenters. The summed E-state index contributed by atoms with van der Waals surface area (Å²) in [6, 6.07) is 4.25. The fourth-order valence-electron chi connectivity index (χ4n) is 2.62. The van der Waals surface area contributed by atoms with Gasteiger partial charge in [-0.25, -0.2) is 0 Å². The molecule has 114 valence electrons. The molecule has 0 aliphatic heterocycles. The second kappa shape index (κ2) is 7.36. The van der Waals surface area contributed by atoms with Crippen molar-refractivity contribution in [3.05, 3.63) is 46.5 Å². The van der Waals surface area contributed by atoms with Crippen LogP contribution in [0.5, 0.6) is 0 Å². The van der Waals surface area contributed by atoms with Gasteiger partial charge in [0.05, 0.1) is 17.9 Å². The molecule has 0 atom stereocenters. The van der Waals surface area contributed by atoms with E-state index in [0.29, 0.717) is 0 Å². The first kappa shape index (κ1) is 15.7. The predicted octanol–water partition coefficient (Wildman–Crippen LogP) is 3.01. The Morgan fingerprint density at radius 2 is 2.00 bits per heavy atom. The minimum atomic E-state index is 0.745. The molecule has 0 saturated heterocycles. The summed E-state index contributed by atoms with van der Waals surface area (Å²) < 4.78 is 2.06. The second-order valence-electron chi connectivity index (χ2n) is 5.50. The van der Waals surface area contributed by atoms with E-state index in [1.54, 1.807) is 0 Å². The molecule has 0 fully saturated rings. The normalized spacial score (nSPS) is 11.0. The number of hydrogen-bond donors (Lipinski definition) is 1. The van der Waals surface area contributed by atoms with Crippen LogP contribution in [0.4, 0.5) is 0 Å². The third kappa shape index (κ3) is 3.91. The van der Waals surface area contributed by atoms with Crippen LogP contribution in [0.3, 0.4) is 0 Å². The largest absolute Gasteiger partial charge is 0.313 e. The summed E-state index contributed by atoms with van der Waals surface area (Å²) in [4.78, 5) is 4.56. The molecule has 2 aromatic rings. The van der Waals surface area contributed by atoms with E-state index in [1.807, 2.05) is 6.20 Å². The monoisotopic (exact) mass is 286 g/mol. The average Bonchev–Trinajstić information content (AvgIpc) is 2.75. The van der Waals surface area contributed by atoms with Crippen LogP contribution < -0.4 is 5.32 Å². The Balaban J connectivity index is 2.03. The van der Waals surface area contributed by atoms with Gasteiger partial charge in [0.1, 0.15) is 0 Å². The molecule has 0 bridgehead atoms. The molecular weight excluding hydrogens is 260 g/mol. The molecule has 4 nitrogen and oxygen atoms in total. The maximum absolute atomic E-state index is 4.62. The molecule has 0 aliphatic rings. The molecule has 0 radical (unpaired) electrons. The molecule has 4 heteroatoms. The van der Waals surface area contributed by atoms with E-state index in [4.69, 9.17) is 0 Å². The molecule has 0 saturated carbocycles. The Hall–Kier alpha value is -1.68. The van der Waals surface area contributed by atoms with Crippen molar-refractivity contribution in [1.29, 1.82) is 0 Å². The molecule has 0 amide bonds. The van der Waals surface area contributed by atoms with Crippen molar-refractivity contribution < 1.29 is 0 Å². The lowest BCUT2D eigenvalue weighted by Crippen LogP contribution is -2.14. The summed E-state index contributed by atoms with van der Waals surface area (Å²) in [5.74, 6) is 0. The zero-order valence-corrected chi connectivity index (χ0v) is 13.6. The van der Waals surface area contributed by atoms with Gasteiger partial charge in [0.15, 0.2) is 0 Å². The summed E-state index contributed by atoms with van der Waals surface area (Å²) >= 11 is 0.